The lowest BCUT2D eigenvalue weighted by molar-refractivity contribution is -0.228. The highest BCUT2D eigenvalue weighted by molar-refractivity contribution is 7.48. The summed E-state index contributed by atoms with van der Waals surface area (Å²) >= 11 is 0. The average molecular weight is 619 g/mol. The minimum atomic E-state index is -4.07. The van der Waals surface area contributed by atoms with Crippen LogP contribution in [0.15, 0.2) is 91.0 Å². The molecule has 236 valence electrons. The van der Waals surface area contributed by atoms with Crippen LogP contribution < -0.4 is 0 Å². The Morgan fingerprint density at radius 1 is 0.698 bits per heavy atom. The number of ether oxygens (including phenoxy) is 3. The molecule has 0 fully saturated rings. The van der Waals surface area contributed by atoms with Crippen molar-refractivity contribution in [3.05, 3.63) is 108 Å². The maximum absolute atomic E-state index is 13.2. The van der Waals surface area contributed by atoms with Crippen LogP contribution in [-0.2, 0) is 52.2 Å². The van der Waals surface area contributed by atoms with E-state index in [1.165, 1.54) is 0 Å². The normalized spacial score (nSPS) is 15.5. The Morgan fingerprint density at radius 3 is 1.63 bits per heavy atom. The van der Waals surface area contributed by atoms with E-state index in [0.29, 0.717) is 0 Å². The van der Waals surface area contributed by atoms with Crippen LogP contribution in [0.5, 0.6) is 0 Å². The van der Waals surface area contributed by atoms with Gasteiger partial charge in [-0.15, -0.1) is 0 Å². The quantitative estimate of drug-likeness (QED) is 0.145. The molecule has 0 amide bonds. The van der Waals surface area contributed by atoms with Gasteiger partial charge in [-0.05, 0) is 30.5 Å². The molecule has 3 aromatic rings. The number of hydrogen-bond acceptors (Lipinski definition) is 10. The van der Waals surface area contributed by atoms with Gasteiger partial charge in [0, 0.05) is 0 Å². The van der Waals surface area contributed by atoms with E-state index in [0.717, 1.165) is 16.7 Å². The van der Waals surface area contributed by atoms with E-state index in [2.05, 4.69) is 0 Å². The molecule has 0 saturated carbocycles. The molecule has 3 rings (SSSR count). The molecule has 0 bridgehead atoms. The van der Waals surface area contributed by atoms with Gasteiger partial charge in [0.2, 0.25) is 0 Å². The Kier molecular flexibility index (Phi) is 15.0. The molecule has 0 heterocycles. The Labute approximate surface area is 253 Å². The Balaban J connectivity index is 1.97. The van der Waals surface area contributed by atoms with Crippen LogP contribution in [0.3, 0.4) is 0 Å². The minimum absolute atomic E-state index is 0.0183. The summed E-state index contributed by atoms with van der Waals surface area (Å²) < 4.78 is 47.8. The molecule has 0 spiro atoms. The van der Waals surface area contributed by atoms with Crippen molar-refractivity contribution in [2.75, 3.05) is 33.0 Å². The van der Waals surface area contributed by atoms with E-state index in [9.17, 15) is 19.9 Å². The molecule has 0 radical (unpaired) electrons. The van der Waals surface area contributed by atoms with E-state index in [-0.39, 0.29) is 39.6 Å². The third kappa shape index (κ3) is 11.5. The highest BCUT2D eigenvalue weighted by Crippen LogP contribution is 2.50. The number of aliphatic hydroxyl groups excluding tert-OH is 2. The zero-order valence-corrected chi connectivity index (χ0v) is 25.6. The van der Waals surface area contributed by atoms with Crippen molar-refractivity contribution in [2.45, 2.75) is 57.6 Å². The first kappa shape index (κ1) is 35.0. The van der Waals surface area contributed by atoms with Gasteiger partial charge in [-0.2, -0.15) is 0 Å². The number of benzene rings is 3. The van der Waals surface area contributed by atoms with E-state index in [1.807, 2.05) is 91.0 Å². The van der Waals surface area contributed by atoms with Gasteiger partial charge < -0.3 is 29.5 Å². The van der Waals surface area contributed by atoms with E-state index in [1.54, 1.807) is 13.8 Å². The number of phosphoric acid groups is 1. The number of hydrogen-bond donors (Lipinski definition) is 3. The van der Waals surface area contributed by atoms with Crippen molar-refractivity contribution in [1.29, 1.82) is 0 Å². The van der Waals surface area contributed by atoms with Crippen molar-refractivity contribution in [3.63, 3.8) is 0 Å². The zero-order valence-electron chi connectivity index (χ0n) is 24.7. The van der Waals surface area contributed by atoms with Gasteiger partial charge in [-0.1, -0.05) is 91.0 Å². The van der Waals surface area contributed by atoms with E-state index < -0.39 is 44.9 Å². The molecular formula is C32H43O10P. The van der Waals surface area contributed by atoms with Crippen LogP contribution in [0.4, 0.5) is 0 Å². The first-order valence-electron chi connectivity index (χ1n) is 14.3. The third-order valence-corrected chi connectivity index (χ3v) is 8.06. The standard InChI is InChI=1S/C32H43O10P/c1-3-40-43(36,41-4-2)42-25-32(35,24-37-21-26-14-8-5-9-15-26)31(39-23-28-18-12-7-13-19-28)30(29(34)20-33)38-22-27-16-10-6-11-17-27/h5-19,29-31,33-35H,3-4,20-25H2,1-2H3/t29-,30-,31+,32-/m1/s1. The van der Waals surface area contributed by atoms with Crippen LogP contribution in [-0.4, -0.2) is 72.3 Å². The number of phosphoric ester groups is 1. The maximum atomic E-state index is 13.2. The molecule has 10 nitrogen and oxygen atoms in total. The Morgan fingerprint density at radius 2 is 1.16 bits per heavy atom. The summed E-state index contributed by atoms with van der Waals surface area (Å²) in [6, 6.07) is 27.9. The summed E-state index contributed by atoms with van der Waals surface area (Å²) in [5, 5.41) is 33.2. The van der Waals surface area contributed by atoms with Crippen LogP contribution >= 0.6 is 7.82 Å². The summed E-state index contributed by atoms with van der Waals surface area (Å²) in [6.07, 6.45) is -4.07. The topological polar surface area (TPSA) is 133 Å². The van der Waals surface area contributed by atoms with Crippen molar-refractivity contribution < 1.29 is 47.7 Å². The predicted octanol–water partition coefficient (Wildman–Crippen LogP) is 4.66. The van der Waals surface area contributed by atoms with E-state index in [4.69, 9.17) is 27.8 Å². The van der Waals surface area contributed by atoms with Crippen LogP contribution in [0, 0.1) is 0 Å². The molecular weight excluding hydrogens is 575 g/mol. The lowest BCUT2D eigenvalue weighted by Gasteiger charge is -2.41. The summed E-state index contributed by atoms with van der Waals surface area (Å²) in [7, 11) is -4.07. The SMILES string of the molecule is CCOP(=O)(OCC)OC[C@](O)(COCc1ccccc1)[C@@H](OCc1ccccc1)[C@H](OCc1ccccc1)[C@H](O)CO. The van der Waals surface area contributed by atoms with Gasteiger partial charge in [0.15, 0.2) is 0 Å². The maximum Gasteiger partial charge on any atom is 0.474 e. The Hall–Kier alpha value is -2.47. The van der Waals surface area contributed by atoms with Gasteiger partial charge in [0.25, 0.3) is 0 Å². The molecule has 0 aliphatic carbocycles. The van der Waals surface area contributed by atoms with Crippen molar-refractivity contribution in [3.8, 4) is 0 Å². The largest absolute Gasteiger partial charge is 0.474 e. The van der Waals surface area contributed by atoms with Crippen LogP contribution in [0.1, 0.15) is 30.5 Å². The first-order chi connectivity index (χ1) is 20.8. The smallest absolute Gasteiger partial charge is 0.394 e. The fourth-order valence-corrected chi connectivity index (χ4v) is 5.57. The van der Waals surface area contributed by atoms with Crippen LogP contribution in [0.25, 0.3) is 0 Å². The number of aliphatic hydroxyl groups is 3. The van der Waals surface area contributed by atoms with Gasteiger partial charge in [-0.25, -0.2) is 4.57 Å². The molecule has 4 atom stereocenters. The van der Waals surface area contributed by atoms with E-state index >= 15 is 0 Å². The monoisotopic (exact) mass is 618 g/mol. The van der Waals surface area contributed by atoms with Crippen LogP contribution in [0.2, 0.25) is 0 Å². The second-order valence-electron chi connectivity index (χ2n) is 9.87. The second kappa shape index (κ2) is 18.4. The summed E-state index contributed by atoms with van der Waals surface area (Å²) in [6.45, 7) is 1.90. The predicted molar refractivity (Wildman–Crippen MR) is 161 cm³/mol. The van der Waals surface area contributed by atoms with Gasteiger partial charge in [0.05, 0.1) is 52.9 Å². The molecule has 11 heteroatoms. The average Bonchev–Trinajstić information content (AvgIpc) is 3.03. The summed E-state index contributed by atoms with van der Waals surface area (Å²) in [4.78, 5) is 0. The molecule has 0 unspecified atom stereocenters. The third-order valence-electron chi connectivity index (χ3n) is 6.46. The minimum Gasteiger partial charge on any atom is -0.394 e. The summed E-state index contributed by atoms with van der Waals surface area (Å²) in [5.41, 5.74) is 0.381. The van der Waals surface area contributed by atoms with Crippen molar-refractivity contribution in [1.82, 2.24) is 0 Å². The summed E-state index contributed by atoms with van der Waals surface area (Å²) in [5.74, 6) is 0. The fraction of sp³-hybridized carbons (Fsp3) is 0.438. The Bertz CT molecular complexity index is 1190. The van der Waals surface area contributed by atoms with Gasteiger partial charge in [0.1, 0.15) is 23.9 Å². The zero-order chi connectivity index (χ0) is 31.0. The molecule has 0 aromatic heterocycles. The highest BCUT2D eigenvalue weighted by atomic mass is 31.2. The second-order valence-corrected chi connectivity index (χ2v) is 11.5. The van der Waals surface area contributed by atoms with Gasteiger partial charge >= 0.3 is 7.82 Å². The lowest BCUT2D eigenvalue weighted by atomic mass is 9.90. The molecule has 0 aliphatic rings. The molecule has 43 heavy (non-hydrogen) atoms. The lowest BCUT2D eigenvalue weighted by Crippen LogP contribution is -2.60. The molecule has 0 saturated heterocycles. The molecule has 3 aromatic carbocycles. The van der Waals surface area contributed by atoms with Crippen molar-refractivity contribution >= 4 is 7.82 Å². The molecule has 3 N–H and O–H groups in total. The fourth-order valence-electron chi connectivity index (χ4n) is 4.33. The van der Waals surface area contributed by atoms with Crippen molar-refractivity contribution in [2.24, 2.45) is 0 Å². The molecule has 0 aliphatic heterocycles. The first-order valence-corrected chi connectivity index (χ1v) is 15.8. The highest BCUT2D eigenvalue weighted by Gasteiger charge is 2.48. The number of rotatable bonds is 21. The van der Waals surface area contributed by atoms with Gasteiger partial charge in [-0.3, -0.25) is 13.6 Å².